The molecule has 1 rings (SSSR count). The summed E-state index contributed by atoms with van der Waals surface area (Å²) in [7, 11) is 1.68. The molecule has 0 bridgehead atoms. The number of rotatable bonds is 6. The van der Waals surface area contributed by atoms with Crippen molar-refractivity contribution in [1.29, 1.82) is 0 Å². The first-order valence-corrected chi connectivity index (χ1v) is 6.73. The highest BCUT2D eigenvalue weighted by atomic mass is 16.5. The van der Waals surface area contributed by atoms with E-state index in [2.05, 4.69) is 39.8 Å². The molecule has 0 radical (unpaired) electrons. The Morgan fingerprint density at radius 3 is 1.95 bits per heavy atom. The summed E-state index contributed by atoms with van der Waals surface area (Å²) in [5, 5.41) is 9.13. The lowest BCUT2D eigenvalue weighted by molar-refractivity contribution is -0.136. The summed E-state index contributed by atoms with van der Waals surface area (Å²) < 4.78 is 5.20. The summed E-state index contributed by atoms with van der Waals surface area (Å²) in [6.45, 7) is 8.96. The van der Waals surface area contributed by atoms with Crippen molar-refractivity contribution in [2.45, 2.75) is 52.6 Å². The van der Waals surface area contributed by atoms with Gasteiger partial charge in [0.25, 0.3) is 0 Å². The molecule has 1 aromatic carbocycles. The van der Waals surface area contributed by atoms with Gasteiger partial charge in [-0.3, -0.25) is 4.79 Å². The molecule has 0 spiro atoms. The normalized spacial score (nSPS) is 11.3. The van der Waals surface area contributed by atoms with Gasteiger partial charge in [0.2, 0.25) is 0 Å². The Morgan fingerprint density at radius 2 is 1.63 bits per heavy atom. The fourth-order valence-corrected chi connectivity index (χ4v) is 2.42. The highest BCUT2D eigenvalue weighted by Gasteiger charge is 2.17. The molecule has 0 saturated heterocycles. The molecule has 1 N–H and O–H groups in total. The first-order valence-electron chi connectivity index (χ1n) is 6.73. The van der Waals surface area contributed by atoms with Crippen molar-refractivity contribution in [2.24, 2.45) is 0 Å². The van der Waals surface area contributed by atoms with E-state index in [9.17, 15) is 4.79 Å². The predicted octanol–water partition coefficient (Wildman–Crippen LogP) is 3.71. The van der Waals surface area contributed by atoms with E-state index < -0.39 is 5.97 Å². The lowest BCUT2D eigenvalue weighted by Gasteiger charge is -2.20. The third-order valence-corrected chi connectivity index (χ3v) is 3.26. The third-order valence-electron chi connectivity index (χ3n) is 3.26. The van der Waals surface area contributed by atoms with Crippen molar-refractivity contribution < 1.29 is 14.6 Å². The quantitative estimate of drug-likeness (QED) is 0.852. The first kappa shape index (κ1) is 15.7. The van der Waals surface area contributed by atoms with Gasteiger partial charge in [-0.1, -0.05) is 39.8 Å². The molecule has 0 atom stereocenters. The number of methoxy groups -OCH3 is 1. The lowest BCUT2D eigenvalue weighted by atomic mass is 9.85. The topological polar surface area (TPSA) is 46.5 Å². The monoisotopic (exact) mass is 264 g/mol. The molecule has 0 aliphatic carbocycles. The van der Waals surface area contributed by atoms with Gasteiger partial charge in [0.05, 0.1) is 13.0 Å². The first-order chi connectivity index (χ1) is 8.86. The van der Waals surface area contributed by atoms with E-state index in [4.69, 9.17) is 9.84 Å². The van der Waals surface area contributed by atoms with Gasteiger partial charge in [-0.25, -0.2) is 0 Å². The second-order valence-corrected chi connectivity index (χ2v) is 5.57. The minimum Gasteiger partial charge on any atom is -0.481 e. The fraction of sp³-hybridized carbons (Fsp3) is 0.562. The molecule has 0 heterocycles. The van der Waals surface area contributed by atoms with E-state index >= 15 is 0 Å². The zero-order valence-corrected chi connectivity index (χ0v) is 12.5. The average molecular weight is 264 g/mol. The number of benzene rings is 1. The largest absolute Gasteiger partial charge is 0.481 e. The number of carboxylic acid groups (broad SMARTS) is 1. The molecule has 0 fully saturated rings. The maximum Gasteiger partial charge on any atom is 0.307 e. The molecule has 0 unspecified atom stereocenters. The Labute approximate surface area is 115 Å². The van der Waals surface area contributed by atoms with Crippen LogP contribution in [-0.4, -0.2) is 18.2 Å². The highest BCUT2D eigenvalue weighted by Crippen LogP contribution is 2.30. The van der Waals surface area contributed by atoms with Crippen LogP contribution in [0.3, 0.4) is 0 Å². The number of aliphatic carboxylic acids is 1. The van der Waals surface area contributed by atoms with E-state index in [0.717, 1.165) is 22.3 Å². The Hall–Kier alpha value is -1.35. The summed E-state index contributed by atoms with van der Waals surface area (Å²) in [5.74, 6) is -0.157. The van der Waals surface area contributed by atoms with Crippen LogP contribution in [0, 0.1) is 0 Å². The molecule has 3 heteroatoms. The van der Waals surface area contributed by atoms with Gasteiger partial charge in [-0.2, -0.15) is 0 Å². The van der Waals surface area contributed by atoms with Gasteiger partial charge < -0.3 is 9.84 Å². The molecule has 0 aromatic heterocycles. The van der Waals surface area contributed by atoms with Crippen LogP contribution in [0.2, 0.25) is 0 Å². The van der Waals surface area contributed by atoms with Gasteiger partial charge in [0, 0.05) is 7.11 Å². The van der Waals surface area contributed by atoms with Crippen molar-refractivity contribution in [3.05, 3.63) is 34.4 Å². The van der Waals surface area contributed by atoms with E-state index in [1.165, 1.54) is 0 Å². The highest BCUT2D eigenvalue weighted by molar-refractivity contribution is 5.72. The van der Waals surface area contributed by atoms with Crippen molar-refractivity contribution >= 4 is 5.97 Å². The van der Waals surface area contributed by atoms with Crippen molar-refractivity contribution in [1.82, 2.24) is 0 Å². The second-order valence-electron chi connectivity index (χ2n) is 5.57. The number of ether oxygens (including phenoxy) is 1. The van der Waals surface area contributed by atoms with Crippen LogP contribution in [0.5, 0.6) is 0 Å². The van der Waals surface area contributed by atoms with E-state index in [1.807, 2.05) is 0 Å². The number of carbonyl (C=O) groups is 1. The Bertz CT molecular complexity index is 418. The predicted molar refractivity (Wildman–Crippen MR) is 76.7 cm³/mol. The van der Waals surface area contributed by atoms with Gasteiger partial charge in [-0.05, 0) is 34.1 Å². The van der Waals surface area contributed by atoms with Gasteiger partial charge in [0.15, 0.2) is 0 Å². The molecule has 0 amide bonds. The summed E-state index contributed by atoms with van der Waals surface area (Å²) in [6, 6.07) is 4.16. The van der Waals surface area contributed by atoms with Crippen molar-refractivity contribution in [3.8, 4) is 0 Å². The van der Waals surface area contributed by atoms with Crippen molar-refractivity contribution in [3.63, 3.8) is 0 Å². The Morgan fingerprint density at radius 1 is 1.16 bits per heavy atom. The summed E-state index contributed by atoms with van der Waals surface area (Å²) in [5.41, 5.74) is 4.34. The minimum atomic E-state index is -0.775. The van der Waals surface area contributed by atoms with Crippen LogP contribution in [0.1, 0.15) is 61.8 Å². The molecular formula is C16H24O3. The van der Waals surface area contributed by atoms with Crippen LogP contribution >= 0.6 is 0 Å². The maximum absolute atomic E-state index is 11.1. The average Bonchev–Trinajstić information content (AvgIpc) is 2.29. The fourth-order valence-electron chi connectivity index (χ4n) is 2.42. The summed E-state index contributed by atoms with van der Waals surface area (Å²) >= 11 is 0. The summed E-state index contributed by atoms with van der Waals surface area (Å²) in [6.07, 6.45) is 0.0916. The third kappa shape index (κ3) is 4.06. The Balaban J connectivity index is 3.41. The van der Waals surface area contributed by atoms with E-state index in [-0.39, 0.29) is 6.42 Å². The summed E-state index contributed by atoms with van der Waals surface area (Å²) in [4.78, 5) is 11.1. The number of hydrogen-bond acceptors (Lipinski definition) is 2. The molecule has 106 valence electrons. The zero-order chi connectivity index (χ0) is 14.6. The molecule has 19 heavy (non-hydrogen) atoms. The maximum atomic E-state index is 11.1. The van der Waals surface area contributed by atoms with Gasteiger partial charge in [-0.15, -0.1) is 0 Å². The van der Waals surface area contributed by atoms with Gasteiger partial charge in [0.1, 0.15) is 0 Å². The molecular weight excluding hydrogens is 240 g/mol. The van der Waals surface area contributed by atoms with E-state index in [1.54, 1.807) is 7.11 Å². The molecule has 0 aliphatic rings. The molecule has 3 nitrogen and oxygen atoms in total. The number of carboxylic acids is 1. The van der Waals surface area contributed by atoms with Crippen LogP contribution in [0.15, 0.2) is 12.1 Å². The smallest absolute Gasteiger partial charge is 0.307 e. The van der Waals surface area contributed by atoms with E-state index in [0.29, 0.717) is 18.4 Å². The second kappa shape index (κ2) is 6.71. The van der Waals surface area contributed by atoms with Crippen LogP contribution < -0.4 is 0 Å². The van der Waals surface area contributed by atoms with Crippen LogP contribution in [0.25, 0.3) is 0 Å². The molecule has 0 saturated carbocycles. The Kier molecular flexibility index (Phi) is 5.55. The zero-order valence-electron chi connectivity index (χ0n) is 12.5. The van der Waals surface area contributed by atoms with Crippen LogP contribution in [-0.2, 0) is 22.6 Å². The minimum absolute atomic E-state index is 0.0916. The number of hydrogen-bond donors (Lipinski definition) is 1. The molecule has 0 aliphatic heterocycles. The standard InChI is InChI=1S/C16H24O3/c1-10(2)13-6-12(9-19-5)7-14(11(3)4)15(13)8-16(17)18/h6-7,10-11H,8-9H2,1-5H3,(H,17,18). The lowest BCUT2D eigenvalue weighted by Crippen LogP contribution is -2.11. The molecule has 1 aromatic rings. The van der Waals surface area contributed by atoms with Crippen LogP contribution in [0.4, 0.5) is 0 Å². The van der Waals surface area contributed by atoms with Gasteiger partial charge >= 0.3 is 5.97 Å². The van der Waals surface area contributed by atoms with Crippen molar-refractivity contribution in [2.75, 3.05) is 7.11 Å². The SMILES string of the molecule is COCc1cc(C(C)C)c(CC(=O)O)c(C(C)C)c1.